The van der Waals surface area contributed by atoms with Gasteiger partial charge < -0.3 is 10.2 Å². The lowest BCUT2D eigenvalue weighted by Crippen LogP contribution is -1.94. The molecule has 0 aromatic heterocycles. The maximum Gasteiger partial charge on any atom is 0.122 e. The summed E-state index contributed by atoms with van der Waals surface area (Å²) in [6.45, 7) is 5.83. The molecule has 2 nitrogen and oxygen atoms in total. The first-order chi connectivity index (χ1) is 9.02. The number of aryl methyl sites for hydroxylation is 3. The molecular weight excluding hydrogens is 236 g/mol. The van der Waals surface area contributed by atoms with E-state index in [0.717, 1.165) is 34.2 Å². The molecular formula is C17H20O2. The van der Waals surface area contributed by atoms with Crippen LogP contribution in [0, 0.1) is 13.8 Å². The Morgan fingerprint density at radius 2 is 1.47 bits per heavy atom. The van der Waals surface area contributed by atoms with Crippen molar-refractivity contribution in [2.75, 3.05) is 0 Å². The van der Waals surface area contributed by atoms with E-state index in [1.807, 2.05) is 51.1 Å². The number of hydrogen-bond acceptors (Lipinski definition) is 2. The van der Waals surface area contributed by atoms with Gasteiger partial charge in [0.05, 0.1) is 0 Å². The van der Waals surface area contributed by atoms with Crippen LogP contribution in [0.5, 0.6) is 11.5 Å². The van der Waals surface area contributed by atoms with E-state index in [9.17, 15) is 10.2 Å². The molecule has 2 rings (SSSR count). The molecule has 2 N–H and O–H groups in total. The van der Waals surface area contributed by atoms with Crippen molar-refractivity contribution in [3.05, 3.63) is 58.1 Å². The molecule has 100 valence electrons. The van der Waals surface area contributed by atoms with Crippen molar-refractivity contribution in [1.82, 2.24) is 0 Å². The molecule has 0 aliphatic rings. The van der Waals surface area contributed by atoms with Crippen molar-refractivity contribution in [2.45, 2.75) is 33.6 Å². The number of aromatic hydroxyl groups is 2. The molecule has 2 aromatic rings. The summed E-state index contributed by atoms with van der Waals surface area (Å²) in [4.78, 5) is 0. The predicted octanol–water partition coefficient (Wildman–Crippen LogP) is 3.87. The van der Waals surface area contributed by atoms with Gasteiger partial charge >= 0.3 is 0 Å². The van der Waals surface area contributed by atoms with Crippen molar-refractivity contribution in [3.8, 4) is 11.5 Å². The fourth-order valence-electron chi connectivity index (χ4n) is 2.44. The third-order valence-corrected chi connectivity index (χ3v) is 3.53. The average molecular weight is 256 g/mol. The lowest BCUT2D eigenvalue weighted by Gasteiger charge is -2.11. The van der Waals surface area contributed by atoms with Crippen LogP contribution in [0.2, 0.25) is 0 Å². The first-order valence-corrected chi connectivity index (χ1v) is 6.61. The molecule has 0 atom stereocenters. The highest BCUT2D eigenvalue weighted by atomic mass is 16.3. The van der Waals surface area contributed by atoms with Gasteiger partial charge in [0.1, 0.15) is 11.5 Å². The summed E-state index contributed by atoms with van der Waals surface area (Å²) in [5.74, 6) is 0.753. The van der Waals surface area contributed by atoms with Gasteiger partial charge in [-0.1, -0.05) is 37.3 Å². The molecule has 2 aromatic carbocycles. The van der Waals surface area contributed by atoms with Gasteiger partial charge in [0, 0.05) is 6.42 Å². The van der Waals surface area contributed by atoms with Crippen molar-refractivity contribution in [3.63, 3.8) is 0 Å². The topological polar surface area (TPSA) is 40.5 Å². The van der Waals surface area contributed by atoms with Crippen LogP contribution >= 0.6 is 0 Å². The van der Waals surface area contributed by atoms with Gasteiger partial charge in [-0.25, -0.2) is 0 Å². The van der Waals surface area contributed by atoms with Crippen LogP contribution < -0.4 is 0 Å². The van der Waals surface area contributed by atoms with Crippen molar-refractivity contribution >= 4 is 0 Å². The van der Waals surface area contributed by atoms with E-state index >= 15 is 0 Å². The highest BCUT2D eigenvalue weighted by Crippen LogP contribution is 2.28. The van der Waals surface area contributed by atoms with E-state index in [2.05, 4.69) is 0 Å². The monoisotopic (exact) mass is 256 g/mol. The van der Waals surface area contributed by atoms with Crippen LogP contribution in [0.1, 0.15) is 34.7 Å². The lowest BCUT2D eigenvalue weighted by atomic mass is 9.97. The van der Waals surface area contributed by atoms with Gasteiger partial charge in [-0.15, -0.1) is 0 Å². The number of benzene rings is 2. The molecule has 0 bridgehead atoms. The minimum Gasteiger partial charge on any atom is -0.507 e. The van der Waals surface area contributed by atoms with Crippen molar-refractivity contribution < 1.29 is 10.2 Å². The van der Waals surface area contributed by atoms with Crippen LogP contribution in [0.15, 0.2) is 30.3 Å². The van der Waals surface area contributed by atoms with E-state index in [1.165, 1.54) is 0 Å². The summed E-state index contributed by atoms with van der Waals surface area (Å²) >= 11 is 0. The Hall–Kier alpha value is -1.96. The Balaban J connectivity index is 2.36. The maximum absolute atomic E-state index is 10.2. The van der Waals surface area contributed by atoms with Crippen molar-refractivity contribution in [2.24, 2.45) is 0 Å². The zero-order chi connectivity index (χ0) is 14.0. The van der Waals surface area contributed by atoms with E-state index in [-0.39, 0.29) is 0 Å². The minimum atomic E-state index is 0.357. The van der Waals surface area contributed by atoms with E-state index in [0.29, 0.717) is 17.9 Å². The molecule has 0 radical (unpaired) electrons. The molecule has 0 amide bonds. The molecule has 2 heteroatoms. The largest absolute Gasteiger partial charge is 0.507 e. The number of phenols is 2. The molecule has 0 saturated heterocycles. The quantitative estimate of drug-likeness (QED) is 0.875. The molecule has 0 spiro atoms. The molecule has 0 aliphatic heterocycles. The Morgan fingerprint density at radius 3 is 2.05 bits per heavy atom. The Morgan fingerprint density at radius 1 is 0.895 bits per heavy atom. The normalized spacial score (nSPS) is 10.7. The third-order valence-electron chi connectivity index (χ3n) is 3.53. The summed E-state index contributed by atoms with van der Waals surface area (Å²) in [7, 11) is 0. The van der Waals surface area contributed by atoms with Crippen LogP contribution in [-0.2, 0) is 12.8 Å². The second kappa shape index (κ2) is 5.35. The number of para-hydroxylation sites is 1. The molecule has 19 heavy (non-hydrogen) atoms. The summed E-state index contributed by atoms with van der Waals surface area (Å²) in [5.41, 5.74) is 4.77. The fraction of sp³-hybridized carbons (Fsp3) is 0.294. The van der Waals surface area contributed by atoms with E-state index in [1.54, 1.807) is 0 Å². The Bertz CT molecular complexity index is 577. The van der Waals surface area contributed by atoms with E-state index < -0.39 is 0 Å². The summed E-state index contributed by atoms with van der Waals surface area (Å²) in [5, 5.41) is 20.0. The third kappa shape index (κ3) is 2.73. The second-order valence-electron chi connectivity index (χ2n) is 5.03. The molecule has 0 saturated carbocycles. The summed E-state index contributed by atoms with van der Waals surface area (Å²) in [6, 6.07) is 9.83. The highest BCUT2D eigenvalue weighted by Gasteiger charge is 2.08. The van der Waals surface area contributed by atoms with Crippen molar-refractivity contribution in [1.29, 1.82) is 0 Å². The SMILES string of the molecule is CCc1cccc(Cc2cc(C)c(O)c(C)c2)c1O. The number of hydrogen-bond donors (Lipinski definition) is 2. The molecule has 0 unspecified atom stereocenters. The van der Waals surface area contributed by atoms with Crippen LogP contribution in [0.25, 0.3) is 0 Å². The van der Waals surface area contributed by atoms with Crippen LogP contribution in [0.3, 0.4) is 0 Å². The first kappa shape index (κ1) is 13.5. The minimum absolute atomic E-state index is 0.357. The molecule has 0 heterocycles. The zero-order valence-electron chi connectivity index (χ0n) is 11.7. The Labute approximate surface area is 114 Å². The second-order valence-corrected chi connectivity index (χ2v) is 5.03. The van der Waals surface area contributed by atoms with Gasteiger partial charge in [-0.05, 0) is 48.1 Å². The maximum atomic E-state index is 10.2. The summed E-state index contributed by atoms with van der Waals surface area (Å²) < 4.78 is 0. The van der Waals surface area contributed by atoms with Gasteiger partial charge in [-0.3, -0.25) is 0 Å². The van der Waals surface area contributed by atoms with E-state index in [4.69, 9.17) is 0 Å². The summed E-state index contributed by atoms with van der Waals surface area (Å²) in [6.07, 6.45) is 1.51. The standard InChI is InChI=1S/C17H20O2/c1-4-14-6-5-7-15(17(14)19)10-13-8-11(2)16(18)12(3)9-13/h5-9,18-19H,4,10H2,1-3H3. The fourth-order valence-corrected chi connectivity index (χ4v) is 2.44. The van der Waals surface area contributed by atoms with Gasteiger partial charge in [0.15, 0.2) is 0 Å². The molecule has 0 aliphatic carbocycles. The first-order valence-electron chi connectivity index (χ1n) is 6.61. The predicted molar refractivity (Wildman–Crippen MR) is 77.9 cm³/mol. The van der Waals surface area contributed by atoms with Gasteiger partial charge in [0.25, 0.3) is 0 Å². The van der Waals surface area contributed by atoms with Crippen LogP contribution in [0.4, 0.5) is 0 Å². The lowest BCUT2D eigenvalue weighted by molar-refractivity contribution is 0.462. The van der Waals surface area contributed by atoms with Gasteiger partial charge in [0.2, 0.25) is 0 Å². The Kier molecular flexibility index (Phi) is 3.79. The zero-order valence-corrected chi connectivity index (χ0v) is 11.7. The average Bonchev–Trinajstić information content (AvgIpc) is 2.38. The smallest absolute Gasteiger partial charge is 0.122 e. The molecule has 0 fully saturated rings. The van der Waals surface area contributed by atoms with Crippen LogP contribution in [-0.4, -0.2) is 10.2 Å². The number of rotatable bonds is 3. The number of phenolic OH excluding ortho intramolecular Hbond substituents is 2. The van der Waals surface area contributed by atoms with Gasteiger partial charge in [-0.2, -0.15) is 0 Å². The highest BCUT2D eigenvalue weighted by molar-refractivity contribution is 5.47.